The molecule has 0 aliphatic carbocycles. The Morgan fingerprint density at radius 2 is 1.93 bits per heavy atom. The van der Waals surface area contributed by atoms with Crippen LogP contribution in [0.2, 0.25) is 0 Å². The van der Waals surface area contributed by atoms with Crippen molar-refractivity contribution in [3.05, 3.63) is 59.4 Å². The van der Waals surface area contributed by atoms with Gasteiger partial charge in [0.1, 0.15) is 5.75 Å². The highest BCUT2D eigenvalue weighted by Gasteiger charge is 2.36. The predicted molar refractivity (Wildman–Crippen MR) is 116 cm³/mol. The van der Waals surface area contributed by atoms with Crippen molar-refractivity contribution < 1.29 is 4.74 Å². The first-order valence-electron chi connectivity index (χ1n) is 11.5. The van der Waals surface area contributed by atoms with Gasteiger partial charge in [0.05, 0.1) is 6.61 Å². The molecule has 1 aromatic carbocycles. The fraction of sp³-hybridized carbons (Fsp3) is 0.560. The van der Waals surface area contributed by atoms with Crippen LogP contribution in [0.1, 0.15) is 67.2 Å². The summed E-state index contributed by atoms with van der Waals surface area (Å²) in [6.07, 6.45) is 11.7. The number of hydrogen-bond donors (Lipinski definition) is 0. The van der Waals surface area contributed by atoms with Crippen molar-refractivity contribution in [1.29, 1.82) is 0 Å². The Bertz CT molecular complexity index is 803. The maximum Gasteiger partial charge on any atom is 0.119 e. The second-order valence-electron chi connectivity index (χ2n) is 8.89. The minimum atomic E-state index is 0.418. The minimum Gasteiger partial charge on any atom is -0.494 e. The second kappa shape index (κ2) is 8.85. The fourth-order valence-corrected chi connectivity index (χ4v) is 5.51. The van der Waals surface area contributed by atoms with Gasteiger partial charge in [0.25, 0.3) is 0 Å². The smallest absolute Gasteiger partial charge is 0.119 e. The first-order chi connectivity index (χ1) is 14.4. The monoisotopic (exact) mass is 391 g/mol. The lowest BCUT2D eigenvalue weighted by Crippen LogP contribution is -2.34. The third-order valence-corrected chi connectivity index (χ3v) is 7.00. The number of pyridine rings is 1. The minimum absolute atomic E-state index is 0.418. The third kappa shape index (κ3) is 4.19. The number of hydrogen-bond acceptors (Lipinski definition) is 4. The lowest BCUT2D eigenvalue weighted by Gasteiger charge is -2.37. The van der Waals surface area contributed by atoms with Gasteiger partial charge < -0.3 is 9.64 Å². The fourth-order valence-electron chi connectivity index (χ4n) is 5.51. The predicted octanol–water partition coefficient (Wildman–Crippen LogP) is 4.62. The molecule has 0 unspecified atom stereocenters. The van der Waals surface area contributed by atoms with E-state index < -0.39 is 0 Å². The maximum absolute atomic E-state index is 6.20. The number of benzene rings is 1. The van der Waals surface area contributed by atoms with Gasteiger partial charge in [0.2, 0.25) is 0 Å². The van der Waals surface area contributed by atoms with Crippen LogP contribution in [0.25, 0.3) is 0 Å². The molecule has 4 nitrogen and oxygen atoms in total. The van der Waals surface area contributed by atoms with Crippen molar-refractivity contribution in [2.75, 3.05) is 39.3 Å². The van der Waals surface area contributed by atoms with E-state index in [2.05, 4.69) is 45.1 Å². The van der Waals surface area contributed by atoms with Crippen molar-refractivity contribution >= 4 is 0 Å². The number of rotatable bonds is 6. The van der Waals surface area contributed by atoms with Crippen LogP contribution in [-0.2, 0) is 0 Å². The summed E-state index contributed by atoms with van der Waals surface area (Å²) in [5.74, 6) is 1.46. The molecule has 4 heterocycles. The van der Waals surface area contributed by atoms with Crippen LogP contribution in [0.15, 0.2) is 42.7 Å². The van der Waals surface area contributed by atoms with E-state index in [9.17, 15) is 0 Å². The quantitative estimate of drug-likeness (QED) is 0.672. The van der Waals surface area contributed by atoms with E-state index in [0.717, 1.165) is 25.3 Å². The van der Waals surface area contributed by atoms with Gasteiger partial charge in [0.15, 0.2) is 0 Å². The van der Waals surface area contributed by atoms with Crippen molar-refractivity contribution in [3.8, 4) is 5.75 Å². The number of fused-ring (bicyclic) bond motifs is 3. The largest absolute Gasteiger partial charge is 0.494 e. The van der Waals surface area contributed by atoms with Gasteiger partial charge in [-0.1, -0.05) is 18.6 Å². The number of nitrogens with zero attached hydrogens (tertiary/aromatic N) is 3. The Morgan fingerprint density at radius 3 is 2.79 bits per heavy atom. The van der Waals surface area contributed by atoms with Crippen LogP contribution in [0, 0.1) is 0 Å². The zero-order valence-corrected chi connectivity index (χ0v) is 17.4. The van der Waals surface area contributed by atoms with E-state index >= 15 is 0 Å². The lowest BCUT2D eigenvalue weighted by molar-refractivity contribution is 0.204. The number of aromatic nitrogens is 1. The summed E-state index contributed by atoms with van der Waals surface area (Å²) in [7, 11) is 0. The average molecular weight is 392 g/mol. The van der Waals surface area contributed by atoms with E-state index in [-0.39, 0.29) is 0 Å². The number of piperidine rings is 1. The van der Waals surface area contributed by atoms with Gasteiger partial charge in [-0.15, -0.1) is 0 Å². The van der Waals surface area contributed by atoms with Crippen LogP contribution >= 0.6 is 0 Å². The molecule has 0 spiro atoms. The molecule has 2 fully saturated rings. The van der Waals surface area contributed by atoms with Crippen molar-refractivity contribution in [2.24, 2.45) is 0 Å². The molecule has 0 amide bonds. The highest BCUT2D eigenvalue weighted by molar-refractivity contribution is 5.46. The molecule has 0 radical (unpaired) electrons. The lowest BCUT2D eigenvalue weighted by atomic mass is 9.82. The zero-order valence-electron chi connectivity index (χ0n) is 17.4. The summed E-state index contributed by atoms with van der Waals surface area (Å²) in [6, 6.07) is 11.7. The molecule has 4 heteroatoms. The summed E-state index contributed by atoms with van der Waals surface area (Å²) < 4.78 is 6.20. The van der Waals surface area contributed by atoms with E-state index in [1.165, 1.54) is 75.0 Å². The van der Waals surface area contributed by atoms with Gasteiger partial charge in [-0.2, -0.15) is 0 Å². The number of ether oxygens (including phenoxy) is 1. The Kier molecular flexibility index (Phi) is 5.82. The van der Waals surface area contributed by atoms with Gasteiger partial charge in [-0.05, 0) is 86.6 Å². The maximum atomic E-state index is 6.20. The van der Waals surface area contributed by atoms with Crippen LogP contribution in [0.3, 0.4) is 0 Å². The van der Waals surface area contributed by atoms with E-state index in [4.69, 9.17) is 4.74 Å². The van der Waals surface area contributed by atoms with Crippen LogP contribution < -0.4 is 4.74 Å². The van der Waals surface area contributed by atoms with Gasteiger partial charge in [0, 0.05) is 37.4 Å². The van der Waals surface area contributed by atoms with Crippen molar-refractivity contribution in [2.45, 2.75) is 50.5 Å². The summed E-state index contributed by atoms with van der Waals surface area (Å²) in [5.41, 5.74) is 4.28. The van der Waals surface area contributed by atoms with Crippen LogP contribution in [0.5, 0.6) is 5.75 Å². The second-order valence-corrected chi connectivity index (χ2v) is 8.89. The first-order valence-corrected chi connectivity index (χ1v) is 11.5. The molecule has 0 bridgehead atoms. The molecule has 29 heavy (non-hydrogen) atoms. The average Bonchev–Trinajstić information content (AvgIpc) is 3.26. The highest BCUT2D eigenvalue weighted by atomic mass is 16.5. The summed E-state index contributed by atoms with van der Waals surface area (Å²) in [6.45, 7) is 6.85. The molecular weight excluding hydrogens is 358 g/mol. The van der Waals surface area contributed by atoms with E-state index in [1.807, 2.05) is 12.4 Å². The molecule has 2 aromatic rings. The Balaban J connectivity index is 1.29. The molecule has 0 N–H and O–H groups in total. The van der Waals surface area contributed by atoms with Gasteiger partial charge in [-0.25, -0.2) is 0 Å². The number of likely N-dealkylation sites (tertiary alicyclic amines) is 1. The summed E-state index contributed by atoms with van der Waals surface area (Å²) in [5, 5.41) is 0. The zero-order chi connectivity index (χ0) is 19.5. The molecule has 3 aliphatic heterocycles. The summed E-state index contributed by atoms with van der Waals surface area (Å²) >= 11 is 0. The molecule has 1 aromatic heterocycles. The molecule has 0 saturated carbocycles. The van der Waals surface area contributed by atoms with Crippen LogP contribution in [0.4, 0.5) is 0 Å². The molecule has 2 atom stereocenters. The molecule has 5 rings (SSSR count). The van der Waals surface area contributed by atoms with E-state index in [0.29, 0.717) is 12.0 Å². The standard InChI is InChI=1S/C25H33N3O/c1-2-12-27(13-3-1)14-6-16-29-21-9-10-22-23(17-21)25-8-5-15-28(25)19-24(22)20-7-4-11-26-18-20/h4,7,9-11,17-18,24-25H,1-3,5-6,8,12-16,19H2/t24-,25+/m0/s1. The van der Waals surface area contributed by atoms with E-state index in [1.54, 1.807) is 0 Å². The molecule has 3 aliphatic rings. The first kappa shape index (κ1) is 19.1. The molecular formula is C25H33N3O. The third-order valence-electron chi connectivity index (χ3n) is 7.00. The Morgan fingerprint density at radius 1 is 1.00 bits per heavy atom. The normalized spacial score (nSPS) is 24.8. The highest BCUT2D eigenvalue weighted by Crippen LogP contribution is 2.45. The Hall–Kier alpha value is -1.91. The summed E-state index contributed by atoms with van der Waals surface area (Å²) in [4.78, 5) is 9.64. The van der Waals surface area contributed by atoms with Crippen LogP contribution in [-0.4, -0.2) is 54.1 Å². The topological polar surface area (TPSA) is 28.6 Å². The Labute approximate surface area is 174 Å². The van der Waals surface area contributed by atoms with Crippen molar-refractivity contribution in [1.82, 2.24) is 14.8 Å². The van der Waals surface area contributed by atoms with Gasteiger partial charge >= 0.3 is 0 Å². The van der Waals surface area contributed by atoms with Gasteiger partial charge in [-0.3, -0.25) is 9.88 Å². The molecule has 2 saturated heterocycles. The van der Waals surface area contributed by atoms with Crippen molar-refractivity contribution in [3.63, 3.8) is 0 Å². The molecule has 154 valence electrons. The SMILES string of the molecule is c1cncc([C@@H]2CN3CCC[C@@H]3c3cc(OCCCN4CCCCC4)ccc32)c1.